The van der Waals surface area contributed by atoms with Crippen LogP contribution in [0.25, 0.3) is 0 Å². The van der Waals surface area contributed by atoms with Crippen LogP contribution in [0.4, 0.5) is 4.39 Å². The number of nitrogens with zero attached hydrogens (tertiary/aromatic N) is 3. The van der Waals surface area contributed by atoms with E-state index in [-0.39, 0.29) is 28.9 Å². The highest BCUT2D eigenvalue weighted by molar-refractivity contribution is 6.30. The van der Waals surface area contributed by atoms with Crippen molar-refractivity contribution in [3.8, 4) is 0 Å². The van der Waals surface area contributed by atoms with Crippen LogP contribution in [-0.4, -0.2) is 32.6 Å². The summed E-state index contributed by atoms with van der Waals surface area (Å²) in [4.78, 5) is 12.1. The van der Waals surface area contributed by atoms with Gasteiger partial charge in [-0.25, -0.2) is 9.07 Å². The summed E-state index contributed by atoms with van der Waals surface area (Å²) < 4.78 is 14.9. The summed E-state index contributed by atoms with van der Waals surface area (Å²) in [7, 11) is 0. The number of benzene rings is 1. The Labute approximate surface area is 138 Å². The van der Waals surface area contributed by atoms with Crippen molar-refractivity contribution < 1.29 is 14.3 Å². The fourth-order valence-electron chi connectivity index (χ4n) is 2.20. The predicted molar refractivity (Wildman–Crippen MR) is 83.8 cm³/mol. The van der Waals surface area contributed by atoms with Crippen LogP contribution >= 0.6 is 11.6 Å². The molecule has 0 bridgehead atoms. The van der Waals surface area contributed by atoms with Crippen LogP contribution in [0.15, 0.2) is 18.2 Å². The largest absolute Gasteiger partial charge is 0.387 e. The van der Waals surface area contributed by atoms with Gasteiger partial charge in [-0.3, -0.25) is 4.79 Å². The molecule has 0 spiro atoms. The van der Waals surface area contributed by atoms with Gasteiger partial charge in [0.05, 0.1) is 11.8 Å². The fraction of sp³-hybridized carbons (Fsp3) is 0.400. The number of carbonyl (C=O) groups is 1. The Morgan fingerprint density at radius 3 is 2.70 bits per heavy atom. The summed E-state index contributed by atoms with van der Waals surface area (Å²) in [6, 6.07) is 3.85. The lowest BCUT2D eigenvalue weighted by atomic mass is 10.1. The molecule has 0 radical (unpaired) electrons. The zero-order valence-corrected chi connectivity index (χ0v) is 13.8. The lowest BCUT2D eigenvalue weighted by molar-refractivity contribution is 0.0910. The third-order valence-electron chi connectivity index (χ3n) is 3.36. The van der Waals surface area contributed by atoms with Gasteiger partial charge in [-0.1, -0.05) is 16.8 Å². The highest BCUT2D eigenvalue weighted by atomic mass is 35.5. The molecule has 2 aromatic rings. The number of rotatable bonds is 5. The quantitative estimate of drug-likeness (QED) is 0.876. The second-order valence-electron chi connectivity index (χ2n) is 5.49. The molecule has 2 rings (SSSR count). The highest BCUT2D eigenvalue weighted by Gasteiger charge is 2.19. The molecule has 8 heteroatoms. The Morgan fingerprint density at radius 2 is 2.13 bits per heavy atom. The molecule has 0 aliphatic carbocycles. The van der Waals surface area contributed by atoms with E-state index < -0.39 is 17.8 Å². The van der Waals surface area contributed by atoms with E-state index in [1.807, 2.05) is 13.8 Å². The third kappa shape index (κ3) is 4.05. The number of aliphatic hydroxyl groups is 1. The SMILES string of the molecule is Cc1c(C(=O)NCC(O)c2cc(F)cc(Cl)c2)nnn1C(C)C. The highest BCUT2D eigenvalue weighted by Crippen LogP contribution is 2.19. The first-order valence-electron chi connectivity index (χ1n) is 7.13. The predicted octanol–water partition coefficient (Wildman–Crippen LogP) is 2.42. The molecule has 1 aromatic heterocycles. The van der Waals surface area contributed by atoms with Crippen molar-refractivity contribution in [1.29, 1.82) is 0 Å². The molecule has 1 atom stereocenters. The molecule has 1 amide bonds. The van der Waals surface area contributed by atoms with Gasteiger partial charge in [0.25, 0.3) is 5.91 Å². The van der Waals surface area contributed by atoms with Crippen molar-refractivity contribution in [2.24, 2.45) is 0 Å². The number of carbonyl (C=O) groups excluding carboxylic acids is 1. The van der Waals surface area contributed by atoms with Gasteiger partial charge in [0.2, 0.25) is 0 Å². The lowest BCUT2D eigenvalue weighted by Gasteiger charge is -2.12. The summed E-state index contributed by atoms with van der Waals surface area (Å²) in [5, 5.41) is 20.6. The Hall–Kier alpha value is -1.99. The van der Waals surface area contributed by atoms with Crippen molar-refractivity contribution in [2.75, 3.05) is 6.54 Å². The molecule has 0 fully saturated rings. The Morgan fingerprint density at radius 1 is 1.43 bits per heavy atom. The summed E-state index contributed by atoms with van der Waals surface area (Å²) in [6.45, 7) is 5.52. The Balaban J connectivity index is 2.04. The molecule has 124 valence electrons. The number of halogens is 2. The van der Waals surface area contributed by atoms with Crippen LogP contribution in [0, 0.1) is 12.7 Å². The molecule has 0 saturated heterocycles. The third-order valence-corrected chi connectivity index (χ3v) is 3.58. The molecule has 2 N–H and O–H groups in total. The number of aliphatic hydroxyl groups excluding tert-OH is 1. The van der Waals surface area contributed by atoms with Crippen molar-refractivity contribution in [3.05, 3.63) is 46.0 Å². The van der Waals surface area contributed by atoms with Crippen LogP contribution in [0.1, 0.15) is 47.7 Å². The van der Waals surface area contributed by atoms with Crippen molar-refractivity contribution in [1.82, 2.24) is 20.3 Å². The maximum atomic E-state index is 13.3. The minimum Gasteiger partial charge on any atom is -0.387 e. The molecule has 1 unspecified atom stereocenters. The zero-order valence-electron chi connectivity index (χ0n) is 13.0. The van der Waals surface area contributed by atoms with Gasteiger partial charge in [-0.15, -0.1) is 5.10 Å². The van der Waals surface area contributed by atoms with E-state index in [1.165, 1.54) is 12.1 Å². The van der Waals surface area contributed by atoms with Crippen LogP contribution < -0.4 is 5.32 Å². The minimum atomic E-state index is -1.08. The topological polar surface area (TPSA) is 80.0 Å². The van der Waals surface area contributed by atoms with Gasteiger partial charge in [-0.05, 0) is 44.5 Å². The van der Waals surface area contributed by atoms with E-state index in [4.69, 9.17) is 11.6 Å². The van der Waals surface area contributed by atoms with Crippen LogP contribution in [0.5, 0.6) is 0 Å². The monoisotopic (exact) mass is 340 g/mol. The standard InChI is InChI=1S/C15H18ClFN4O2/c1-8(2)21-9(3)14(19-20-21)15(23)18-7-13(22)10-4-11(16)6-12(17)5-10/h4-6,8,13,22H,7H2,1-3H3,(H,18,23). The first-order valence-corrected chi connectivity index (χ1v) is 7.51. The number of hydrogen-bond donors (Lipinski definition) is 2. The van der Waals surface area contributed by atoms with Gasteiger partial charge in [0, 0.05) is 17.6 Å². The summed E-state index contributed by atoms with van der Waals surface area (Å²) in [6.07, 6.45) is -1.08. The number of aromatic nitrogens is 3. The first-order chi connectivity index (χ1) is 10.8. The molecule has 0 aliphatic rings. The first kappa shape index (κ1) is 17.4. The number of nitrogens with one attached hydrogen (secondary N) is 1. The van der Waals surface area contributed by atoms with Gasteiger partial charge in [-0.2, -0.15) is 0 Å². The van der Waals surface area contributed by atoms with E-state index in [0.717, 1.165) is 6.07 Å². The van der Waals surface area contributed by atoms with Crippen molar-refractivity contribution >= 4 is 17.5 Å². The Bertz CT molecular complexity index is 697. The average molecular weight is 341 g/mol. The second-order valence-corrected chi connectivity index (χ2v) is 5.93. The van der Waals surface area contributed by atoms with Crippen LogP contribution in [0.2, 0.25) is 5.02 Å². The average Bonchev–Trinajstić information content (AvgIpc) is 2.85. The molecule has 6 nitrogen and oxygen atoms in total. The lowest BCUT2D eigenvalue weighted by Crippen LogP contribution is -2.29. The van der Waals surface area contributed by atoms with E-state index >= 15 is 0 Å². The summed E-state index contributed by atoms with van der Waals surface area (Å²) >= 11 is 5.75. The van der Waals surface area contributed by atoms with Crippen LogP contribution in [-0.2, 0) is 0 Å². The van der Waals surface area contributed by atoms with Gasteiger partial charge in [0.1, 0.15) is 5.82 Å². The number of amides is 1. The molecular formula is C15H18ClFN4O2. The molecule has 23 heavy (non-hydrogen) atoms. The van der Waals surface area contributed by atoms with E-state index in [0.29, 0.717) is 5.69 Å². The Kier molecular flexibility index (Phi) is 5.33. The smallest absolute Gasteiger partial charge is 0.273 e. The van der Waals surface area contributed by atoms with Gasteiger partial charge >= 0.3 is 0 Å². The van der Waals surface area contributed by atoms with E-state index in [2.05, 4.69) is 15.6 Å². The van der Waals surface area contributed by atoms with Crippen LogP contribution in [0.3, 0.4) is 0 Å². The zero-order chi connectivity index (χ0) is 17.1. The number of hydrogen-bond acceptors (Lipinski definition) is 4. The molecule has 1 heterocycles. The fourth-order valence-corrected chi connectivity index (χ4v) is 2.43. The molecule has 1 aromatic carbocycles. The van der Waals surface area contributed by atoms with Crippen molar-refractivity contribution in [3.63, 3.8) is 0 Å². The minimum absolute atomic E-state index is 0.0871. The molecule has 0 saturated carbocycles. The second kappa shape index (κ2) is 7.06. The summed E-state index contributed by atoms with van der Waals surface area (Å²) in [5.74, 6) is -0.996. The normalized spacial score (nSPS) is 12.5. The van der Waals surface area contributed by atoms with Gasteiger partial charge < -0.3 is 10.4 Å². The summed E-state index contributed by atoms with van der Waals surface area (Å²) in [5.41, 5.74) is 1.13. The van der Waals surface area contributed by atoms with E-state index in [1.54, 1.807) is 11.6 Å². The molecular weight excluding hydrogens is 323 g/mol. The van der Waals surface area contributed by atoms with Gasteiger partial charge in [0.15, 0.2) is 5.69 Å². The van der Waals surface area contributed by atoms with E-state index in [9.17, 15) is 14.3 Å². The van der Waals surface area contributed by atoms with Crippen molar-refractivity contribution in [2.45, 2.75) is 32.9 Å². The maximum absolute atomic E-state index is 13.3. The maximum Gasteiger partial charge on any atom is 0.273 e. The molecule has 0 aliphatic heterocycles.